The van der Waals surface area contributed by atoms with Crippen LogP contribution in [-0.4, -0.2) is 18.4 Å². The highest BCUT2D eigenvalue weighted by atomic mass is 16.5. The predicted octanol–water partition coefficient (Wildman–Crippen LogP) is 1.35. The first-order chi connectivity index (χ1) is 7.27. The summed E-state index contributed by atoms with van der Waals surface area (Å²) in [5.41, 5.74) is 0.0813. The molecule has 15 heavy (non-hydrogen) atoms. The third kappa shape index (κ3) is 2.04. The molecule has 0 radical (unpaired) electrons. The SMILES string of the molecule is O=C1COC(=O)/C1=C/C=Cc1ccco1. The van der Waals surface area contributed by atoms with E-state index in [1.165, 1.54) is 6.08 Å². The molecule has 4 heteroatoms. The minimum Gasteiger partial charge on any atom is -0.465 e. The smallest absolute Gasteiger partial charge is 0.342 e. The number of ketones is 1. The predicted molar refractivity (Wildman–Crippen MR) is 51.8 cm³/mol. The van der Waals surface area contributed by atoms with Crippen molar-refractivity contribution in [2.45, 2.75) is 0 Å². The number of esters is 1. The summed E-state index contributed by atoms with van der Waals surface area (Å²) in [6.07, 6.45) is 6.21. The Hall–Kier alpha value is -2.10. The molecule has 0 aromatic carbocycles. The topological polar surface area (TPSA) is 56.5 Å². The molecule has 1 aromatic heterocycles. The van der Waals surface area contributed by atoms with Crippen molar-refractivity contribution < 1.29 is 18.7 Å². The Balaban J connectivity index is 2.11. The molecular formula is C11H8O4. The number of ether oxygens (including phenoxy) is 1. The number of carbonyl (C=O) groups is 2. The monoisotopic (exact) mass is 204 g/mol. The van der Waals surface area contributed by atoms with Crippen LogP contribution < -0.4 is 0 Å². The summed E-state index contributed by atoms with van der Waals surface area (Å²) >= 11 is 0. The van der Waals surface area contributed by atoms with Crippen LogP contribution in [0.25, 0.3) is 6.08 Å². The lowest BCUT2D eigenvalue weighted by Crippen LogP contribution is -1.99. The van der Waals surface area contributed by atoms with Gasteiger partial charge in [-0.3, -0.25) is 4.79 Å². The largest absolute Gasteiger partial charge is 0.465 e. The molecular weight excluding hydrogens is 196 g/mol. The number of furan rings is 1. The molecule has 0 aliphatic carbocycles. The summed E-state index contributed by atoms with van der Waals surface area (Å²) in [7, 11) is 0. The second-order valence-corrected chi connectivity index (χ2v) is 2.95. The summed E-state index contributed by atoms with van der Waals surface area (Å²) in [4.78, 5) is 22.1. The fourth-order valence-electron chi connectivity index (χ4n) is 1.19. The van der Waals surface area contributed by atoms with Crippen LogP contribution in [0.4, 0.5) is 0 Å². The first-order valence-corrected chi connectivity index (χ1v) is 4.39. The molecule has 2 heterocycles. The maximum absolute atomic E-state index is 11.1. The average molecular weight is 204 g/mol. The highest BCUT2D eigenvalue weighted by molar-refractivity contribution is 6.22. The standard InChI is InChI=1S/C11H8O4/c12-10-7-15-11(13)9(10)5-1-3-8-4-2-6-14-8/h1-6H,7H2/b3-1?,9-5+. The Morgan fingerprint density at radius 2 is 2.20 bits per heavy atom. The van der Waals surface area contributed by atoms with Gasteiger partial charge in [0.15, 0.2) is 6.61 Å². The van der Waals surface area contributed by atoms with Crippen molar-refractivity contribution in [3.63, 3.8) is 0 Å². The van der Waals surface area contributed by atoms with Crippen molar-refractivity contribution in [3.05, 3.63) is 41.9 Å². The van der Waals surface area contributed by atoms with Gasteiger partial charge in [0, 0.05) is 0 Å². The zero-order chi connectivity index (χ0) is 10.7. The van der Waals surface area contributed by atoms with Gasteiger partial charge in [0.1, 0.15) is 11.3 Å². The lowest BCUT2D eigenvalue weighted by molar-refractivity contribution is -0.135. The number of allylic oxidation sites excluding steroid dienone is 2. The minimum absolute atomic E-state index is 0.0813. The minimum atomic E-state index is -0.566. The number of carbonyl (C=O) groups excluding carboxylic acids is 2. The van der Waals surface area contributed by atoms with E-state index in [1.807, 2.05) is 0 Å². The molecule has 0 saturated carbocycles. The molecule has 0 amide bonds. The number of Topliss-reactive ketones (excluding diaryl/α,β-unsaturated/α-hetero) is 1. The van der Waals surface area contributed by atoms with E-state index in [-0.39, 0.29) is 18.0 Å². The number of hydrogen-bond donors (Lipinski definition) is 0. The van der Waals surface area contributed by atoms with Crippen molar-refractivity contribution in [3.8, 4) is 0 Å². The van der Waals surface area contributed by atoms with Crippen LogP contribution in [0, 0.1) is 0 Å². The van der Waals surface area contributed by atoms with Gasteiger partial charge >= 0.3 is 5.97 Å². The summed E-state index contributed by atoms with van der Waals surface area (Å²) in [5.74, 6) is -0.196. The van der Waals surface area contributed by atoms with E-state index in [0.717, 1.165) is 0 Å². The molecule has 0 spiro atoms. The van der Waals surface area contributed by atoms with Crippen molar-refractivity contribution in [1.29, 1.82) is 0 Å². The van der Waals surface area contributed by atoms with Crippen molar-refractivity contribution >= 4 is 17.8 Å². The van der Waals surface area contributed by atoms with Crippen molar-refractivity contribution in [1.82, 2.24) is 0 Å². The normalized spacial score (nSPS) is 19.1. The average Bonchev–Trinajstić information content (AvgIpc) is 2.82. The fourth-order valence-corrected chi connectivity index (χ4v) is 1.19. The summed E-state index contributed by atoms with van der Waals surface area (Å²) < 4.78 is 9.59. The zero-order valence-electron chi connectivity index (χ0n) is 7.80. The first-order valence-electron chi connectivity index (χ1n) is 4.39. The van der Waals surface area contributed by atoms with E-state index < -0.39 is 5.97 Å². The number of rotatable bonds is 2. The first kappa shape index (κ1) is 9.45. The van der Waals surface area contributed by atoms with Gasteiger partial charge in [-0.2, -0.15) is 0 Å². The molecule has 4 nitrogen and oxygen atoms in total. The van der Waals surface area contributed by atoms with Crippen LogP contribution in [0.15, 0.2) is 40.5 Å². The number of cyclic esters (lactones) is 1. The van der Waals surface area contributed by atoms with E-state index in [1.54, 1.807) is 30.5 Å². The molecule has 0 N–H and O–H groups in total. The van der Waals surface area contributed by atoms with Crippen molar-refractivity contribution in [2.75, 3.05) is 6.61 Å². The highest BCUT2D eigenvalue weighted by Gasteiger charge is 2.27. The van der Waals surface area contributed by atoms with Crippen LogP contribution in [0.5, 0.6) is 0 Å². The zero-order valence-corrected chi connectivity index (χ0v) is 7.80. The number of hydrogen-bond acceptors (Lipinski definition) is 4. The molecule has 76 valence electrons. The molecule has 1 aliphatic heterocycles. The second kappa shape index (κ2) is 3.96. The van der Waals surface area contributed by atoms with Gasteiger partial charge in [0.25, 0.3) is 0 Å². The molecule has 1 aromatic rings. The Bertz CT molecular complexity index is 419. The molecule has 2 rings (SSSR count). The van der Waals surface area contributed by atoms with Gasteiger partial charge in [-0.05, 0) is 24.3 Å². The third-order valence-electron chi connectivity index (χ3n) is 1.92. The van der Waals surface area contributed by atoms with Gasteiger partial charge in [0.2, 0.25) is 5.78 Å². The summed E-state index contributed by atoms with van der Waals surface area (Å²) in [6, 6.07) is 3.52. The molecule has 1 aliphatic rings. The Labute approximate surface area is 85.8 Å². The van der Waals surface area contributed by atoms with E-state index >= 15 is 0 Å². The van der Waals surface area contributed by atoms with Gasteiger partial charge in [-0.15, -0.1) is 0 Å². The molecule has 0 unspecified atom stereocenters. The highest BCUT2D eigenvalue weighted by Crippen LogP contribution is 2.10. The van der Waals surface area contributed by atoms with Gasteiger partial charge in [0.05, 0.1) is 6.26 Å². The van der Waals surface area contributed by atoms with E-state index in [9.17, 15) is 9.59 Å². The van der Waals surface area contributed by atoms with Crippen LogP contribution in [0.1, 0.15) is 5.76 Å². The van der Waals surface area contributed by atoms with Gasteiger partial charge < -0.3 is 9.15 Å². The Morgan fingerprint density at radius 3 is 2.80 bits per heavy atom. The lowest BCUT2D eigenvalue weighted by atomic mass is 10.2. The van der Waals surface area contributed by atoms with E-state index in [2.05, 4.69) is 4.74 Å². The molecule has 1 saturated heterocycles. The van der Waals surface area contributed by atoms with Crippen LogP contribution in [0.3, 0.4) is 0 Å². The fraction of sp³-hybridized carbons (Fsp3) is 0.0909. The van der Waals surface area contributed by atoms with E-state index in [0.29, 0.717) is 5.76 Å². The summed E-state index contributed by atoms with van der Waals surface area (Å²) in [5, 5.41) is 0. The molecule has 0 bridgehead atoms. The van der Waals surface area contributed by atoms with Crippen LogP contribution in [0.2, 0.25) is 0 Å². The molecule has 0 atom stereocenters. The third-order valence-corrected chi connectivity index (χ3v) is 1.92. The van der Waals surface area contributed by atoms with Crippen LogP contribution in [-0.2, 0) is 14.3 Å². The van der Waals surface area contributed by atoms with Crippen molar-refractivity contribution in [2.24, 2.45) is 0 Å². The Kier molecular flexibility index (Phi) is 2.49. The lowest BCUT2D eigenvalue weighted by Gasteiger charge is -1.85. The van der Waals surface area contributed by atoms with Crippen LogP contribution >= 0.6 is 0 Å². The Morgan fingerprint density at radius 1 is 1.33 bits per heavy atom. The van der Waals surface area contributed by atoms with E-state index in [4.69, 9.17) is 4.42 Å². The summed E-state index contributed by atoms with van der Waals surface area (Å²) in [6.45, 7) is -0.154. The molecule has 1 fully saturated rings. The quantitative estimate of drug-likeness (QED) is 0.414. The van der Waals surface area contributed by atoms with Gasteiger partial charge in [-0.25, -0.2) is 4.79 Å². The van der Waals surface area contributed by atoms with Gasteiger partial charge in [-0.1, -0.05) is 6.08 Å². The maximum atomic E-state index is 11.1. The second-order valence-electron chi connectivity index (χ2n) is 2.95. The maximum Gasteiger partial charge on any atom is 0.342 e.